The molecule has 3 aromatic rings. The Bertz CT molecular complexity index is 929. The molecule has 0 aliphatic carbocycles. The molecule has 0 unspecified atom stereocenters. The molecule has 0 amide bonds. The summed E-state index contributed by atoms with van der Waals surface area (Å²) in [5.41, 5.74) is 4.51. The number of thioether (sulfide) groups is 1. The number of fused-ring (bicyclic) bond motifs is 1. The van der Waals surface area contributed by atoms with Gasteiger partial charge < -0.3 is 14.4 Å². The Balaban J connectivity index is 2.07. The molecule has 0 atom stereocenters. The third-order valence-electron chi connectivity index (χ3n) is 4.73. The highest BCUT2D eigenvalue weighted by molar-refractivity contribution is 7.98. The summed E-state index contributed by atoms with van der Waals surface area (Å²) in [7, 11) is 1.66. The first-order valence-corrected chi connectivity index (χ1v) is 9.76. The molecule has 26 heavy (non-hydrogen) atoms. The van der Waals surface area contributed by atoms with Gasteiger partial charge in [0.15, 0.2) is 0 Å². The Morgan fingerprint density at radius 2 is 1.92 bits per heavy atom. The van der Waals surface area contributed by atoms with Gasteiger partial charge in [-0.05, 0) is 61.1 Å². The summed E-state index contributed by atoms with van der Waals surface area (Å²) >= 11 is 1.72. The number of carboxylic acid groups (broad SMARTS) is 1. The summed E-state index contributed by atoms with van der Waals surface area (Å²) in [6, 6.07) is 14.6. The average molecular weight is 369 g/mol. The minimum Gasteiger partial charge on any atom is -0.497 e. The maximum absolute atomic E-state index is 11.1. The van der Waals surface area contributed by atoms with E-state index >= 15 is 0 Å². The summed E-state index contributed by atoms with van der Waals surface area (Å²) in [6.07, 6.45) is 2.70. The standard InChI is InChI=1S/C21H23NO3S/c1-14-18-12-16(25-2)6-9-20(18)22(19(14)10-11-21(23)24)13-15-4-7-17(26-3)8-5-15/h4-9,12H,10-11,13H2,1-3H3,(H,23,24). The molecule has 0 saturated heterocycles. The highest BCUT2D eigenvalue weighted by Crippen LogP contribution is 2.31. The number of benzene rings is 2. The Labute approximate surface area is 157 Å². The van der Waals surface area contributed by atoms with Gasteiger partial charge in [0.2, 0.25) is 0 Å². The number of aliphatic carboxylic acids is 1. The zero-order chi connectivity index (χ0) is 18.7. The molecule has 0 saturated carbocycles. The van der Waals surface area contributed by atoms with Crippen LogP contribution in [0.3, 0.4) is 0 Å². The molecule has 0 aliphatic rings. The molecule has 5 heteroatoms. The van der Waals surface area contributed by atoms with Gasteiger partial charge in [-0.15, -0.1) is 11.8 Å². The zero-order valence-corrected chi connectivity index (χ0v) is 16.1. The number of methoxy groups -OCH3 is 1. The molecule has 136 valence electrons. The van der Waals surface area contributed by atoms with Crippen molar-refractivity contribution in [1.29, 1.82) is 0 Å². The van der Waals surface area contributed by atoms with Gasteiger partial charge in [-0.25, -0.2) is 0 Å². The Morgan fingerprint density at radius 1 is 1.19 bits per heavy atom. The number of aryl methyl sites for hydroxylation is 1. The minimum atomic E-state index is -0.775. The van der Waals surface area contributed by atoms with Gasteiger partial charge in [0.25, 0.3) is 0 Å². The third kappa shape index (κ3) is 3.73. The molecule has 0 spiro atoms. The van der Waals surface area contributed by atoms with Crippen LogP contribution in [0.2, 0.25) is 0 Å². The van der Waals surface area contributed by atoms with Crippen LogP contribution in [-0.4, -0.2) is 29.0 Å². The number of hydrogen-bond acceptors (Lipinski definition) is 3. The summed E-state index contributed by atoms with van der Waals surface area (Å²) in [5, 5.41) is 10.2. The van der Waals surface area contributed by atoms with E-state index in [9.17, 15) is 4.79 Å². The summed E-state index contributed by atoms with van der Waals surface area (Å²) in [4.78, 5) is 12.3. The fourth-order valence-corrected chi connectivity index (χ4v) is 3.73. The maximum atomic E-state index is 11.1. The highest BCUT2D eigenvalue weighted by Gasteiger charge is 2.16. The predicted octanol–water partition coefficient (Wildman–Crippen LogP) is 4.75. The molecule has 3 rings (SSSR count). The lowest BCUT2D eigenvalue weighted by molar-refractivity contribution is -0.136. The topological polar surface area (TPSA) is 51.5 Å². The number of aromatic nitrogens is 1. The summed E-state index contributed by atoms with van der Waals surface area (Å²) in [5.74, 6) is 0.0370. The lowest BCUT2D eigenvalue weighted by atomic mass is 10.1. The van der Waals surface area contributed by atoms with E-state index in [0.29, 0.717) is 6.42 Å². The summed E-state index contributed by atoms with van der Waals surface area (Å²) < 4.78 is 7.60. The Hall–Kier alpha value is -2.40. The first kappa shape index (κ1) is 18.4. The molecular weight excluding hydrogens is 346 g/mol. The van der Waals surface area contributed by atoms with E-state index in [2.05, 4.69) is 48.1 Å². The maximum Gasteiger partial charge on any atom is 0.303 e. The van der Waals surface area contributed by atoms with Crippen molar-refractivity contribution in [3.05, 3.63) is 59.3 Å². The van der Waals surface area contributed by atoms with E-state index in [4.69, 9.17) is 9.84 Å². The Kier molecular flexibility index (Phi) is 5.57. The van der Waals surface area contributed by atoms with Gasteiger partial charge in [-0.1, -0.05) is 12.1 Å². The molecule has 2 aromatic carbocycles. The minimum absolute atomic E-state index is 0.125. The number of carboxylic acids is 1. The lowest BCUT2D eigenvalue weighted by Gasteiger charge is -2.12. The smallest absolute Gasteiger partial charge is 0.303 e. The molecular formula is C21H23NO3S. The summed E-state index contributed by atoms with van der Waals surface area (Å²) in [6.45, 7) is 2.78. The lowest BCUT2D eigenvalue weighted by Crippen LogP contribution is -2.07. The van der Waals surface area contributed by atoms with Crippen molar-refractivity contribution in [3.8, 4) is 5.75 Å². The van der Waals surface area contributed by atoms with Gasteiger partial charge in [0, 0.05) is 28.0 Å². The largest absolute Gasteiger partial charge is 0.497 e. The number of rotatable bonds is 7. The average Bonchev–Trinajstić information content (AvgIpc) is 2.91. The van der Waals surface area contributed by atoms with E-state index in [1.807, 2.05) is 12.1 Å². The fraction of sp³-hybridized carbons (Fsp3) is 0.286. The fourth-order valence-electron chi connectivity index (χ4n) is 3.32. The third-order valence-corrected chi connectivity index (χ3v) is 5.48. The number of hydrogen-bond donors (Lipinski definition) is 1. The first-order valence-electron chi connectivity index (χ1n) is 8.54. The van der Waals surface area contributed by atoms with Crippen LogP contribution in [0.15, 0.2) is 47.4 Å². The van der Waals surface area contributed by atoms with Gasteiger partial charge in [0.1, 0.15) is 5.75 Å². The van der Waals surface area contributed by atoms with Crippen LogP contribution in [0.25, 0.3) is 10.9 Å². The van der Waals surface area contributed by atoms with Crippen LogP contribution < -0.4 is 4.74 Å². The molecule has 4 nitrogen and oxygen atoms in total. The molecule has 0 fully saturated rings. The highest BCUT2D eigenvalue weighted by atomic mass is 32.2. The molecule has 0 radical (unpaired) electrons. The second-order valence-corrected chi connectivity index (χ2v) is 7.16. The van der Waals surface area contributed by atoms with Gasteiger partial charge in [0.05, 0.1) is 13.5 Å². The number of nitrogens with zero attached hydrogens (tertiary/aromatic N) is 1. The molecule has 1 N–H and O–H groups in total. The van der Waals surface area contributed by atoms with Crippen molar-refractivity contribution in [1.82, 2.24) is 4.57 Å². The molecule has 0 aliphatic heterocycles. The van der Waals surface area contributed by atoms with Crippen LogP contribution >= 0.6 is 11.8 Å². The number of ether oxygens (including phenoxy) is 1. The Morgan fingerprint density at radius 3 is 2.54 bits per heavy atom. The molecule has 1 heterocycles. The van der Waals surface area contributed by atoms with E-state index in [0.717, 1.165) is 34.5 Å². The van der Waals surface area contributed by atoms with Crippen molar-refractivity contribution in [2.24, 2.45) is 0 Å². The van der Waals surface area contributed by atoms with Gasteiger partial charge in [-0.2, -0.15) is 0 Å². The second kappa shape index (κ2) is 7.87. The predicted molar refractivity (Wildman–Crippen MR) is 107 cm³/mol. The van der Waals surface area contributed by atoms with Gasteiger partial charge in [-0.3, -0.25) is 4.79 Å². The van der Waals surface area contributed by atoms with Crippen molar-refractivity contribution in [2.45, 2.75) is 31.2 Å². The quantitative estimate of drug-likeness (QED) is 0.611. The second-order valence-electron chi connectivity index (χ2n) is 6.28. The van der Waals surface area contributed by atoms with Crippen molar-refractivity contribution < 1.29 is 14.6 Å². The van der Waals surface area contributed by atoms with Crippen LogP contribution in [0.4, 0.5) is 0 Å². The van der Waals surface area contributed by atoms with E-state index in [-0.39, 0.29) is 6.42 Å². The van der Waals surface area contributed by atoms with E-state index < -0.39 is 5.97 Å². The van der Waals surface area contributed by atoms with Crippen molar-refractivity contribution >= 4 is 28.6 Å². The SMILES string of the molecule is COc1ccc2c(c1)c(C)c(CCC(=O)O)n2Cc1ccc(SC)cc1. The molecule has 0 bridgehead atoms. The first-order chi connectivity index (χ1) is 12.5. The van der Waals surface area contributed by atoms with E-state index in [1.54, 1.807) is 18.9 Å². The van der Waals surface area contributed by atoms with Crippen LogP contribution in [0.5, 0.6) is 5.75 Å². The number of carbonyl (C=O) groups is 1. The zero-order valence-electron chi connectivity index (χ0n) is 15.3. The monoisotopic (exact) mass is 369 g/mol. The van der Waals surface area contributed by atoms with Gasteiger partial charge >= 0.3 is 5.97 Å². The van der Waals surface area contributed by atoms with Crippen LogP contribution in [0, 0.1) is 6.92 Å². The van der Waals surface area contributed by atoms with Crippen LogP contribution in [-0.2, 0) is 17.8 Å². The van der Waals surface area contributed by atoms with Crippen molar-refractivity contribution in [3.63, 3.8) is 0 Å². The van der Waals surface area contributed by atoms with Crippen molar-refractivity contribution in [2.75, 3.05) is 13.4 Å². The van der Waals surface area contributed by atoms with E-state index in [1.165, 1.54) is 10.5 Å². The van der Waals surface area contributed by atoms with Crippen LogP contribution in [0.1, 0.15) is 23.2 Å². The molecule has 1 aromatic heterocycles. The normalized spacial score (nSPS) is 11.0.